The van der Waals surface area contributed by atoms with Gasteiger partial charge in [0.05, 0.1) is 11.1 Å². The third-order valence-electron chi connectivity index (χ3n) is 2.38. The van der Waals surface area contributed by atoms with Crippen LogP contribution in [-0.2, 0) is 10.3 Å². The molecule has 2 aromatic rings. The molecule has 3 nitrogen and oxygen atoms in total. The molecule has 0 N–H and O–H groups in total. The van der Waals surface area contributed by atoms with Crippen LogP contribution in [0.1, 0.15) is 13.8 Å². The highest BCUT2D eigenvalue weighted by molar-refractivity contribution is 7.13. The number of halogens is 2. The van der Waals surface area contributed by atoms with E-state index in [2.05, 4.69) is 5.10 Å². The molecule has 0 bridgehead atoms. The Hall–Kier alpha value is -1.56. The zero-order valence-corrected chi connectivity index (χ0v) is 10.1. The fraction of sp³-hybridized carbons (Fsp3) is 0.273. The van der Waals surface area contributed by atoms with Gasteiger partial charge in [-0.25, -0.2) is 8.78 Å². The fourth-order valence-corrected chi connectivity index (χ4v) is 2.07. The molecule has 2 aromatic heterocycles. The van der Waals surface area contributed by atoms with Crippen LogP contribution in [0.4, 0.5) is 8.78 Å². The molecule has 0 radical (unpaired) electrons. The molecule has 0 unspecified atom stereocenters. The van der Waals surface area contributed by atoms with Crippen LogP contribution in [0.25, 0.3) is 10.6 Å². The van der Waals surface area contributed by atoms with Crippen LogP contribution in [0.15, 0.2) is 17.6 Å². The maximum atomic E-state index is 13.7. The zero-order valence-electron chi connectivity index (χ0n) is 9.28. The van der Waals surface area contributed by atoms with Crippen LogP contribution in [0.2, 0.25) is 0 Å². The minimum absolute atomic E-state index is 0.0626. The number of aromatic nitrogens is 2. The van der Waals surface area contributed by atoms with Crippen molar-refractivity contribution in [2.75, 3.05) is 0 Å². The van der Waals surface area contributed by atoms with Gasteiger partial charge in [-0.15, -0.1) is 11.3 Å². The lowest BCUT2D eigenvalue weighted by Crippen LogP contribution is -2.28. The second-order valence-corrected chi connectivity index (χ2v) is 5.06. The Morgan fingerprint density at radius 1 is 1.41 bits per heavy atom. The van der Waals surface area contributed by atoms with Crippen molar-refractivity contribution < 1.29 is 13.6 Å². The summed E-state index contributed by atoms with van der Waals surface area (Å²) >= 11 is 1.07. The van der Waals surface area contributed by atoms with E-state index in [1.165, 1.54) is 16.1 Å². The Bertz CT molecular complexity index is 560. The standard InChI is InChI=1S/C11H10F2N2OS/c1-11(2,6-16)15-5-8(13)9(14-15)10-7(12)3-4-17-10/h3-6H,1-2H3. The normalized spacial score (nSPS) is 11.8. The first-order chi connectivity index (χ1) is 7.95. The van der Waals surface area contributed by atoms with E-state index in [9.17, 15) is 13.6 Å². The van der Waals surface area contributed by atoms with Gasteiger partial charge in [-0.05, 0) is 25.3 Å². The van der Waals surface area contributed by atoms with E-state index in [-0.39, 0.29) is 10.6 Å². The van der Waals surface area contributed by atoms with Crippen molar-refractivity contribution in [3.8, 4) is 10.6 Å². The summed E-state index contributed by atoms with van der Waals surface area (Å²) in [5.74, 6) is -1.15. The summed E-state index contributed by atoms with van der Waals surface area (Å²) in [5.41, 5.74) is -1.01. The van der Waals surface area contributed by atoms with Gasteiger partial charge in [-0.2, -0.15) is 5.10 Å². The summed E-state index contributed by atoms with van der Waals surface area (Å²) < 4.78 is 28.2. The van der Waals surface area contributed by atoms with Gasteiger partial charge in [0.25, 0.3) is 0 Å². The van der Waals surface area contributed by atoms with Crippen LogP contribution in [-0.4, -0.2) is 16.1 Å². The maximum absolute atomic E-state index is 13.7. The molecule has 0 atom stereocenters. The second kappa shape index (κ2) is 4.03. The summed E-state index contributed by atoms with van der Waals surface area (Å²) in [5, 5.41) is 5.46. The number of carbonyl (C=O) groups excluding carboxylic acids is 1. The molecule has 2 rings (SSSR count). The summed E-state index contributed by atoms with van der Waals surface area (Å²) in [4.78, 5) is 11.0. The molecule has 0 saturated heterocycles. The van der Waals surface area contributed by atoms with Gasteiger partial charge in [0.15, 0.2) is 5.82 Å². The van der Waals surface area contributed by atoms with Gasteiger partial charge in [0.1, 0.15) is 23.3 Å². The number of nitrogens with zero attached hydrogens (tertiary/aromatic N) is 2. The first-order valence-electron chi connectivity index (χ1n) is 4.91. The Morgan fingerprint density at radius 2 is 2.12 bits per heavy atom. The first kappa shape index (κ1) is 11.9. The summed E-state index contributed by atoms with van der Waals surface area (Å²) in [6, 6.07) is 1.25. The fourth-order valence-electron chi connectivity index (χ4n) is 1.32. The van der Waals surface area contributed by atoms with Gasteiger partial charge in [0, 0.05) is 0 Å². The number of hydrogen-bond donors (Lipinski definition) is 0. The van der Waals surface area contributed by atoms with Crippen molar-refractivity contribution in [1.29, 1.82) is 0 Å². The minimum Gasteiger partial charge on any atom is -0.301 e. The quantitative estimate of drug-likeness (QED) is 0.791. The van der Waals surface area contributed by atoms with E-state index in [0.717, 1.165) is 17.5 Å². The molecule has 0 amide bonds. The monoisotopic (exact) mass is 256 g/mol. The number of carbonyl (C=O) groups is 1. The average molecular weight is 256 g/mol. The first-order valence-corrected chi connectivity index (χ1v) is 5.79. The number of hydrogen-bond acceptors (Lipinski definition) is 3. The van der Waals surface area contributed by atoms with Crippen molar-refractivity contribution in [3.63, 3.8) is 0 Å². The van der Waals surface area contributed by atoms with Gasteiger partial charge in [-0.1, -0.05) is 0 Å². The number of aldehydes is 1. The van der Waals surface area contributed by atoms with Crippen molar-refractivity contribution >= 4 is 17.6 Å². The average Bonchev–Trinajstić information content (AvgIpc) is 2.85. The number of thiophene rings is 1. The lowest BCUT2D eigenvalue weighted by Gasteiger charge is -2.16. The predicted molar refractivity (Wildman–Crippen MR) is 60.8 cm³/mol. The molecule has 17 heavy (non-hydrogen) atoms. The van der Waals surface area contributed by atoms with Crippen molar-refractivity contribution in [2.24, 2.45) is 0 Å². The van der Waals surface area contributed by atoms with E-state index >= 15 is 0 Å². The van der Waals surface area contributed by atoms with Crippen LogP contribution < -0.4 is 0 Å². The van der Waals surface area contributed by atoms with E-state index < -0.39 is 17.2 Å². The summed E-state index contributed by atoms with van der Waals surface area (Å²) in [7, 11) is 0. The highest BCUT2D eigenvalue weighted by atomic mass is 32.1. The van der Waals surface area contributed by atoms with E-state index in [1.807, 2.05) is 0 Å². The third-order valence-corrected chi connectivity index (χ3v) is 3.28. The van der Waals surface area contributed by atoms with Crippen LogP contribution >= 0.6 is 11.3 Å². The third kappa shape index (κ3) is 2.00. The number of rotatable bonds is 3. The van der Waals surface area contributed by atoms with Gasteiger partial charge in [-0.3, -0.25) is 4.68 Å². The predicted octanol–water partition coefficient (Wildman–Crippen LogP) is 2.82. The molecule has 0 spiro atoms. The smallest absolute Gasteiger partial charge is 0.170 e. The molecule has 2 heterocycles. The molecular formula is C11H10F2N2OS. The highest BCUT2D eigenvalue weighted by Crippen LogP contribution is 2.30. The molecule has 0 aliphatic rings. The summed E-state index contributed by atoms with van der Waals surface area (Å²) in [6.07, 6.45) is 1.76. The van der Waals surface area contributed by atoms with Gasteiger partial charge in [0.2, 0.25) is 0 Å². The molecule has 0 aromatic carbocycles. The Morgan fingerprint density at radius 3 is 2.65 bits per heavy atom. The SMILES string of the molecule is CC(C)(C=O)n1cc(F)c(-c2sccc2F)n1. The van der Waals surface area contributed by atoms with E-state index in [0.29, 0.717) is 6.29 Å². The van der Waals surface area contributed by atoms with Gasteiger partial charge >= 0.3 is 0 Å². The Labute approximate surface area is 101 Å². The lowest BCUT2D eigenvalue weighted by molar-refractivity contribution is -0.114. The zero-order chi connectivity index (χ0) is 12.6. The van der Waals surface area contributed by atoms with Crippen LogP contribution in [0.3, 0.4) is 0 Å². The molecule has 0 saturated carbocycles. The highest BCUT2D eigenvalue weighted by Gasteiger charge is 2.24. The van der Waals surface area contributed by atoms with Crippen LogP contribution in [0, 0.1) is 11.6 Å². The van der Waals surface area contributed by atoms with Crippen molar-refractivity contribution in [2.45, 2.75) is 19.4 Å². The summed E-state index contributed by atoms with van der Waals surface area (Å²) in [6.45, 7) is 3.20. The van der Waals surface area contributed by atoms with E-state index in [4.69, 9.17) is 0 Å². The molecular weight excluding hydrogens is 246 g/mol. The largest absolute Gasteiger partial charge is 0.301 e. The van der Waals surface area contributed by atoms with E-state index in [1.54, 1.807) is 13.8 Å². The van der Waals surface area contributed by atoms with Crippen molar-refractivity contribution in [3.05, 3.63) is 29.3 Å². The molecule has 0 fully saturated rings. The topological polar surface area (TPSA) is 34.9 Å². The van der Waals surface area contributed by atoms with Crippen molar-refractivity contribution in [1.82, 2.24) is 9.78 Å². The molecule has 0 aliphatic carbocycles. The van der Waals surface area contributed by atoms with Crippen LogP contribution in [0.5, 0.6) is 0 Å². The molecule has 6 heteroatoms. The Balaban J connectivity index is 2.52. The Kier molecular flexibility index (Phi) is 2.82. The molecule has 90 valence electrons. The maximum Gasteiger partial charge on any atom is 0.170 e. The molecule has 0 aliphatic heterocycles. The lowest BCUT2D eigenvalue weighted by atomic mass is 10.1. The van der Waals surface area contributed by atoms with Gasteiger partial charge < -0.3 is 4.79 Å². The second-order valence-electron chi connectivity index (χ2n) is 4.14. The minimum atomic E-state index is -0.952.